The number of nitrogens with zero attached hydrogens (tertiary/aromatic N) is 4. The van der Waals surface area contributed by atoms with Gasteiger partial charge >= 0.3 is 0 Å². The molecule has 4 rings (SSSR count). The van der Waals surface area contributed by atoms with Crippen LogP contribution in [0.3, 0.4) is 0 Å². The van der Waals surface area contributed by atoms with Crippen molar-refractivity contribution in [2.24, 2.45) is 0 Å². The second kappa shape index (κ2) is 6.47. The highest BCUT2D eigenvalue weighted by Crippen LogP contribution is 2.43. The Morgan fingerprint density at radius 2 is 1.92 bits per heavy atom. The van der Waals surface area contributed by atoms with E-state index in [0.29, 0.717) is 12.3 Å². The third-order valence-corrected chi connectivity index (χ3v) is 4.42. The van der Waals surface area contributed by atoms with Crippen molar-refractivity contribution in [3.63, 3.8) is 0 Å². The van der Waals surface area contributed by atoms with Gasteiger partial charge in [-0.25, -0.2) is 0 Å². The van der Waals surface area contributed by atoms with Crippen LogP contribution in [-0.2, 0) is 11.2 Å². The van der Waals surface area contributed by atoms with Gasteiger partial charge in [-0.05, 0) is 65.4 Å². The predicted molar refractivity (Wildman–Crippen MR) is 94.6 cm³/mol. The van der Waals surface area contributed by atoms with Crippen molar-refractivity contribution in [1.29, 1.82) is 0 Å². The van der Waals surface area contributed by atoms with Gasteiger partial charge in [0.25, 0.3) is 0 Å². The molecule has 0 bridgehead atoms. The first kappa shape index (κ1) is 15.5. The third-order valence-electron chi connectivity index (χ3n) is 4.42. The number of aromatic nitrogens is 4. The normalized spacial score (nSPS) is 13.6. The van der Waals surface area contributed by atoms with Gasteiger partial charge in [-0.15, -0.1) is 5.10 Å². The zero-order valence-corrected chi connectivity index (χ0v) is 14.0. The number of anilines is 1. The van der Waals surface area contributed by atoms with Crippen LogP contribution in [0, 0.1) is 6.92 Å². The Labute approximate surface area is 145 Å². The largest absolute Gasteiger partial charge is 0.326 e. The topological polar surface area (TPSA) is 72.7 Å². The van der Waals surface area contributed by atoms with Crippen molar-refractivity contribution in [3.05, 3.63) is 65.5 Å². The molecule has 25 heavy (non-hydrogen) atoms. The molecule has 1 aliphatic carbocycles. The van der Waals surface area contributed by atoms with Crippen LogP contribution in [0.15, 0.2) is 48.5 Å². The van der Waals surface area contributed by atoms with Gasteiger partial charge in [0.2, 0.25) is 5.91 Å². The molecule has 3 aromatic rings. The van der Waals surface area contributed by atoms with E-state index in [4.69, 9.17) is 0 Å². The Balaban J connectivity index is 1.44. The minimum atomic E-state index is -0.000506. The number of carbonyl (C=O) groups is 1. The number of aryl methyl sites for hydroxylation is 1. The van der Waals surface area contributed by atoms with Crippen molar-refractivity contribution >= 4 is 11.6 Å². The van der Waals surface area contributed by atoms with Gasteiger partial charge in [0.1, 0.15) is 0 Å². The van der Waals surface area contributed by atoms with Gasteiger partial charge in [0.15, 0.2) is 5.82 Å². The number of benzene rings is 2. The Kier molecular flexibility index (Phi) is 4.01. The summed E-state index contributed by atoms with van der Waals surface area (Å²) in [6.45, 7) is 1.85. The molecule has 1 heterocycles. The summed E-state index contributed by atoms with van der Waals surface area (Å²) in [7, 11) is 0. The quantitative estimate of drug-likeness (QED) is 0.779. The summed E-state index contributed by atoms with van der Waals surface area (Å²) in [6.07, 6.45) is 2.77. The SMILES string of the molecule is Cc1nnnn1-c1ccc(CC(=O)Nc2ccccc2C2CC2)cc1. The molecule has 1 fully saturated rings. The maximum Gasteiger partial charge on any atom is 0.228 e. The van der Waals surface area contributed by atoms with E-state index in [1.54, 1.807) is 4.68 Å². The van der Waals surface area contributed by atoms with Crippen LogP contribution < -0.4 is 5.32 Å². The number of hydrogen-bond donors (Lipinski definition) is 1. The first-order chi connectivity index (χ1) is 12.2. The Hall–Kier alpha value is -3.02. The van der Waals surface area contributed by atoms with Gasteiger partial charge in [-0.3, -0.25) is 4.79 Å². The van der Waals surface area contributed by atoms with Gasteiger partial charge in [-0.2, -0.15) is 4.68 Å². The minimum absolute atomic E-state index is 0.000506. The van der Waals surface area contributed by atoms with E-state index in [1.165, 1.54) is 18.4 Å². The first-order valence-electron chi connectivity index (χ1n) is 8.44. The number of nitrogens with one attached hydrogen (secondary N) is 1. The fraction of sp³-hybridized carbons (Fsp3) is 0.263. The molecule has 1 aromatic heterocycles. The summed E-state index contributed by atoms with van der Waals surface area (Å²) in [5.41, 5.74) is 4.03. The fourth-order valence-corrected chi connectivity index (χ4v) is 2.97. The highest BCUT2D eigenvalue weighted by molar-refractivity contribution is 5.93. The van der Waals surface area contributed by atoms with E-state index < -0.39 is 0 Å². The van der Waals surface area contributed by atoms with E-state index in [2.05, 4.69) is 26.9 Å². The molecule has 0 atom stereocenters. The third kappa shape index (κ3) is 3.42. The van der Waals surface area contributed by atoms with Crippen molar-refractivity contribution in [1.82, 2.24) is 20.2 Å². The molecular weight excluding hydrogens is 314 g/mol. The maximum absolute atomic E-state index is 12.4. The molecule has 0 spiro atoms. The number of rotatable bonds is 5. The second-order valence-electron chi connectivity index (χ2n) is 6.39. The lowest BCUT2D eigenvalue weighted by molar-refractivity contribution is -0.115. The number of amides is 1. The van der Waals surface area contributed by atoms with E-state index in [9.17, 15) is 4.79 Å². The Morgan fingerprint density at radius 1 is 1.16 bits per heavy atom. The standard InChI is InChI=1S/C19H19N5O/c1-13-21-22-23-24(13)16-10-6-14(7-11-16)12-19(25)20-18-5-3-2-4-17(18)15-8-9-15/h2-7,10-11,15H,8-9,12H2,1H3,(H,20,25). The lowest BCUT2D eigenvalue weighted by atomic mass is 10.1. The molecule has 1 N–H and O–H groups in total. The molecular formula is C19H19N5O. The zero-order valence-electron chi connectivity index (χ0n) is 14.0. The smallest absolute Gasteiger partial charge is 0.228 e. The molecule has 0 unspecified atom stereocenters. The number of carbonyl (C=O) groups excluding carboxylic acids is 1. The van der Waals surface area contributed by atoms with E-state index in [0.717, 1.165) is 22.8 Å². The molecule has 0 saturated heterocycles. The fourth-order valence-electron chi connectivity index (χ4n) is 2.97. The summed E-state index contributed by atoms with van der Waals surface area (Å²) in [5.74, 6) is 1.33. The van der Waals surface area contributed by atoms with Crippen LogP contribution in [-0.4, -0.2) is 26.1 Å². The summed E-state index contributed by atoms with van der Waals surface area (Å²) in [5, 5.41) is 14.5. The second-order valence-corrected chi connectivity index (χ2v) is 6.39. The predicted octanol–water partition coefficient (Wildman–Crippen LogP) is 3.03. The summed E-state index contributed by atoms with van der Waals surface area (Å²) >= 11 is 0. The average molecular weight is 333 g/mol. The zero-order chi connectivity index (χ0) is 17.2. The van der Waals surface area contributed by atoms with Gasteiger partial charge < -0.3 is 5.32 Å². The van der Waals surface area contributed by atoms with Gasteiger partial charge in [0.05, 0.1) is 12.1 Å². The lowest BCUT2D eigenvalue weighted by Crippen LogP contribution is -2.15. The van der Waals surface area contributed by atoms with E-state index >= 15 is 0 Å². The lowest BCUT2D eigenvalue weighted by Gasteiger charge is -2.10. The van der Waals surface area contributed by atoms with Crippen molar-refractivity contribution < 1.29 is 4.79 Å². The first-order valence-corrected chi connectivity index (χ1v) is 8.44. The van der Waals surface area contributed by atoms with Gasteiger partial charge in [-0.1, -0.05) is 30.3 Å². The Bertz CT molecular complexity index is 896. The van der Waals surface area contributed by atoms with E-state index in [1.807, 2.05) is 49.4 Å². The van der Waals surface area contributed by atoms with Crippen molar-refractivity contribution in [2.75, 3.05) is 5.32 Å². The number of hydrogen-bond acceptors (Lipinski definition) is 4. The summed E-state index contributed by atoms with van der Waals surface area (Å²) in [4.78, 5) is 12.4. The summed E-state index contributed by atoms with van der Waals surface area (Å²) in [6, 6.07) is 15.8. The molecule has 1 saturated carbocycles. The van der Waals surface area contributed by atoms with Crippen LogP contribution in [0.2, 0.25) is 0 Å². The molecule has 0 radical (unpaired) electrons. The minimum Gasteiger partial charge on any atom is -0.326 e. The number of para-hydroxylation sites is 1. The molecule has 1 aliphatic rings. The number of tetrazole rings is 1. The highest BCUT2D eigenvalue weighted by Gasteiger charge is 2.26. The van der Waals surface area contributed by atoms with Crippen LogP contribution in [0.4, 0.5) is 5.69 Å². The van der Waals surface area contributed by atoms with Crippen LogP contribution in [0.5, 0.6) is 0 Å². The Morgan fingerprint density at radius 3 is 2.60 bits per heavy atom. The van der Waals surface area contributed by atoms with Crippen LogP contribution in [0.1, 0.15) is 35.7 Å². The van der Waals surface area contributed by atoms with Crippen molar-refractivity contribution in [3.8, 4) is 5.69 Å². The molecule has 2 aromatic carbocycles. The molecule has 1 amide bonds. The maximum atomic E-state index is 12.4. The van der Waals surface area contributed by atoms with Crippen LogP contribution in [0.25, 0.3) is 5.69 Å². The molecule has 0 aliphatic heterocycles. The van der Waals surface area contributed by atoms with Crippen molar-refractivity contribution in [2.45, 2.75) is 32.1 Å². The highest BCUT2D eigenvalue weighted by atomic mass is 16.1. The monoisotopic (exact) mass is 333 g/mol. The molecule has 126 valence electrons. The molecule has 6 nitrogen and oxygen atoms in total. The van der Waals surface area contributed by atoms with Crippen LogP contribution >= 0.6 is 0 Å². The van der Waals surface area contributed by atoms with Gasteiger partial charge in [0, 0.05) is 5.69 Å². The molecule has 6 heteroatoms. The summed E-state index contributed by atoms with van der Waals surface area (Å²) < 4.78 is 1.66. The average Bonchev–Trinajstić information content (AvgIpc) is 3.37. The van der Waals surface area contributed by atoms with E-state index in [-0.39, 0.29) is 5.91 Å².